The molecule has 0 aliphatic rings. The fraction of sp³-hybridized carbons (Fsp3) is 0.800. The molecule has 0 saturated heterocycles. The van der Waals surface area contributed by atoms with Crippen LogP contribution in [0.3, 0.4) is 0 Å². The van der Waals surface area contributed by atoms with Crippen LogP contribution in [0.1, 0.15) is 53.3 Å². The number of hydrogen-bond acceptors (Lipinski definition) is 2. The molecule has 1 heterocycles. The van der Waals surface area contributed by atoms with Gasteiger partial charge in [0.1, 0.15) is 5.82 Å². The van der Waals surface area contributed by atoms with Gasteiger partial charge in [-0.25, -0.2) is 4.98 Å². The second kappa shape index (κ2) is 6.93. The first-order valence-electron chi connectivity index (χ1n) is 7.19. The van der Waals surface area contributed by atoms with Gasteiger partial charge in [0.05, 0.1) is 0 Å². The first kappa shape index (κ1) is 15.2. The number of rotatable bonds is 7. The van der Waals surface area contributed by atoms with Crippen molar-refractivity contribution < 1.29 is 0 Å². The van der Waals surface area contributed by atoms with Gasteiger partial charge in [-0.3, -0.25) is 0 Å². The molecule has 0 aliphatic heterocycles. The Balaban J connectivity index is 2.67. The molecule has 0 fully saturated rings. The zero-order chi connectivity index (χ0) is 13.6. The van der Waals surface area contributed by atoms with Gasteiger partial charge >= 0.3 is 0 Å². The number of hydrogen-bond donors (Lipinski definition) is 1. The molecule has 104 valence electrons. The van der Waals surface area contributed by atoms with Crippen molar-refractivity contribution in [2.24, 2.45) is 5.41 Å². The fourth-order valence-electron chi connectivity index (χ4n) is 2.44. The van der Waals surface area contributed by atoms with Crippen LogP contribution >= 0.6 is 0 Å². The summed E-state index contributed by atoms with van der Waals surface area (Å²) in [4.78, 5) is 4.51. The highest BCUT2D eigenvalue weighted by atomic mass is 15.1. The molecule has 0 saturated carbocycles. The standard InChI is InChI=1S/C15H29N3/c1-6-9-18-10-8-17-14(18)11-13(16-7-2)12-15(3,4)5/h8,10,13,16H,6-7,9,11-12H2,1-5H3. The largest absolute Gasteiger partial charge is 0.335 e. The Kier molecular flexibility index (Phi) is 5.86. The van der Waals surface area contributed by atoms with Crippen LogP contribution in [0.5, 0.6) is 0 Å². The highest BCUT2D eigenvalue weighted by molar-refractivity contribution is 4.96. The molecule has 1 aromatic heterocycles. The lowest BCUT2D eigenvalue weighted by Crippen LogP contribution is -2.35. The lowest BCUT2D eigenvalue weighted by Gasteiger charge is -2.26. The van der Waals surface area contributed by atoms with Crippen molar-refractivity contribution in [2.75, 3.05) is 6.54 Å². The van der Waals surface area contributed by atoms with Gasteiger partial charge in [0.25, 0.3) is 0 Å². The van der Waals surface area contributed by atoms with Gasteiger partial charge in [0.15, 0.2) is 0 Å². The SMILES string of the molecule is CCCn1ccnc1CC(CC(C)(C)C)NCC. The second-order valence-corrected chi connectivity index (χ2v) is 6.26. The van der Waals surface area contributed by atoms with E-state index in [0.717, 1.165) is 25.9 Å². The number of likely N-dealkylation sites (N-methyl/N-ethyl adjacent to an activating group) is 1. The molecule has 0 amide bonds. The van der Waals surface area contributed by atoms with Crippen LogP contribution in [0.2, 0.25) is 0 Å². The average molecular weight is 251 g/mol. The van der Waals surface area contributed by atoms with Crippen molar-refractivity contribution in [3.63, 3.8) is 0 Å². The number of imidazole rings is 1. The van der Waals surface area contributed by atoms with Crippen molar-refractivity contribution in [3.8, 4) is 0 Å². The molecule has 0 aliphatic carbocycles. The average Bonchev–Trinajstić information content (AvgIpc) is 2.64. The third kappa shape index (κ3) is 5.21. The van der Waals surface area contributed by atoms with Crippen LogP contribution in [0.15, 0.2) is 12.4 Å². The number of nitrogens with one attached hydrogen (secondary N) is 1. The van der Waals surface area contributed by atoms with E-state index in [9.17, 15) is 0 Å². The number of aryl methyl sites for hydroxylation is 1. The van der Waals surface area contributed by atoms with Crippen LogP contribution in [0, 0.1) is 5.41 Å². The van der Waals surface area contributed by atoms with Crippen LogP contribution in [0.25, 0.3) is 0 Å². The van der Waals surface area contributed by atoms with Crippen molar-refractivity contribution in [3.05, 3.63) is 18.2 Å². The van der Waals surface area contributed by atoms with Gasteiger partial charge in [0.2, 0.25) is 0 Å². The van der Waals surface area contributed by atoms with E-state index < -0.39 is 0 Å². The molecular formula is C15H29N3. The summed E-state index contributed by atoms with van der Waals surface area (Å²) in [5.74, 6) is 1.21. The Morgan fingerprint density at radius 3 is 2.61 bits per heavy atom. The lowest BCUT2D eigenvalue weighted by atomic mass is 9.87. The van der Waals surface area contributed by atoms with Gasteiger partial charge < -0.3 is 9.88 Å². The predicted molar refractivity (Wildman–Crippen MR) is 77.8 cm³/mol. The van der Waals surface area contributed by atoms with Gasteiger partial charge in [-0.1, -0.05) is 34.6 Å². The third-order valence-corrected chi connectivity index (χ3v) is 3.05. The fourth-order valence-corrected chi connectivity index (χ4v) is 2.44. The zero-order valence-corrected chi connectivity index (χ0v) is 12.7. The Bertz CT molecular complexity index is 336. The summed E-state index contributed by atoms with van der Waals surface area (Å²) in [6, 6.07) is 0.521. The molecule has 1 rings (SSSR count). The molecule has 18 heavy (non-hydrogen) atoms. The predicted octanol–water partition coefficient (Wildman–Crippen LogP) is 3.25. The summed E-state index contributed by atoms with van der Waals surface area (Å²) in [5, 5.41) is 3.59. The molecule has 0 bridgehead atoms. The summed E-state index contributed by atoms with van der Waals surface area (Å²) in [6.45, 7) is 13.4. The van der Waals surface area contributed by atoms with Crippen molar-refractivity contribution >= 4 is 0 Å². The number of aromatic nitrogens is 2. The van der Waals surface area contributed by atoms with Gasteiger partial charge in [-0.05, 0) is 24.8 Å². The first-order valence-corrected chi connectivity index (χ1v) is 7.19. The third-order valence-electron chi connectivity index (χ3n) is 3.05. The molecular weight excluding hydrogens is 222 g/mol. The molecule has 1 unspecified atom stereocenters. The van der Waals surface area contributed by atoms with Crippen LogP contribution < -0.4 is 5.32 Å². The van der Waals surface area contributed by atoms with E-state index in [1.165, 1.54) is 12.2 Å². The van der Waals surface area contributed by atoms with E-state index in [-0.39, 0.29) is 0 Å². The summed E-state index contributed by atoms with van der Waals surface area (Å²) < 4.78 is 2.28. The van der Waals surface area contributed by atoms with E-state index in [4.69, 9.17) is 0 Å². The Hall–Kier alpha value is -0.830. The maximum Gasteiger partial charge on any atom is 0.110 e. The summed E-state index contributed by atoms with van der Waals surface area (Å²) >= 11 is 0. The van der Waals surface area contributed by atoms with E-state index in [1.54, 1.807) is 0 Å². The Morgan fingerprint density at radius 1 is 1.33 bits per heavy atom. The van der Waals surface area contributed by atoms with Gasteiger partial charge in [-0.2, -0.15) is 0 Å². The maximum absolute atomic E-state index is 4.51. The summed E-state index contributed by atoms with van der Waals surface area (Å²) in [7, 11) is 0. The van der Waals surface area contributed by atoms with E-state index in [2.05, 4.69) is 55.7 Å². The van der Waals surface area contributed by atoms with E-state index >= 15 is 0 Å². The smallest absolute Gasteiger partial charge is 0.110 e. The quantitative estimate of drug-likeness (QED) is 0.806. The minimum atomic E-state index is 0.356. The summed E-state index contributed by atoms with van der Waals surface area (Å²) in [6.07, 6.45) is 7.39. The minimum Gasteiger partial charge on any atom is -0.335 e. The molecule has 0 spiro atoms. The van der Waals surface area contributed by atoms with E-state index in [0.29, 0.717) is 11.5 Å². The Labute approximate surface area is 112 Å². The number of nitrogens with zero attached hydrogens (tertiary/aromatic N) is 2. The van der Waals surface area contributed by atoms with Gasteiger partial charge in [0, 0.05) is 31.4 Å². The van der Waals surface area contributed by atoms with Crippen LogP contribution in [-0.4, -0.2) is 22.1 Å². The first-order chi connectivity index (χ1) is 8.46. The molecule has 1 N–H and O–H groups in total. The molecule has 1 atom stereocenters. The van der Waals surface area contributed by atoms with E-state index in [1.807, 2.05) is 6.20 Å². The van der Waals surface area contributed by atoms with Gasteiger partial charge in [-0.15, -0.1) is 0 Å². The maximum atomic E-state index is 4.51. The summed E-state index contributed by atoms with van der Waals surface area (Å²) in [5.41, 5.74) is 0.356. The molecule has 3 heteroatoms. The minimum absolute atomic E-state index is 0.356. The highest BCUT2D eigenvalue weighted by Crippen LogP contribution is 2.22. The second-order valence-electron chi connectivity index (χ2n) is 6.26. The van der Waals surface area contributed by atoms with Crippen molar-refractivity contribution in [1.82, 2.24) is 14.9 Å². The Morgan fingerprint density at radius 2 is 2.06 bits per heavy atom. The van der Waals surface area contributed by atoms with Crippen molar-refractivity contribution in [2.45, 2.75) is 66.5 Å². The highest BCUT2D eigenvalue weighted by Gasteiger charge is 2.19. The van der Waals surface area contributed by atoms with Crippen LogP contribution in [-0.2, 0) is 13.0 Å². The molecule has 1 aromatic rings. The van der Waals surface area contributed by atoms with Crippen LogP contribution in [0.4, 0.5) is 0 Å². The molecule has 3 nitrogen and oxygen atoms in total. The lowest BCUT2D eigenvalue weighted by molar-refractivity contribution is 0.305. The molecule has 0 radical (unpaired) electrons. The monoisotopic (exact) mass is 251 g/mol. The normalized spacial score (nSPS) is 13.8. The van der Waals surface area contributed by atoms with Crippen molar-refractivity contribution in [1.29, 1.82) is 0 Å². The zero-order valence-electron chi connectivity index (χ0n) is 12.7. The molecule has 0 aromatic carbocycles. The topological polar surface area (TPSA) is 29.9 Å².